The fourth-order valence-corrected chi connectivity index (χ4v) is 2.65. The molecule has 1 aromatic carbocycles. The summed E-state index contributed by atoms with van der Waals surface area (Å²) in [5, 5.41) is 7.64. The molecule has 0 saturated carbocycles. The number of thiophene rings is 1. The molecule has 0 unspecified atom stereocenters. The summed E-state index contributed by atoms with van der Waals surface area (Å²) >= 11 is 1.67. The molecule has 0 aliphatic carbocycles. The van der Waals surface area contributed by atoms with E-state index in [1.54, 1.807) is 11.3 Å². The Kier molecular flexibility index (Phi) is 5.51. The highest BCUT2D eigenvalue weighted by Gasteiger charge is 2.04. The predicted octanol–water partition coefficient (Wildman–Crippen LogP) is 2.96. The van der Waals surface area contributed by atoms with E-state index in [2.05, 4.69) is 10.6 Å². The van der Waals surface area contributed by atoms with Gasteiger partial charge in [0.15, 0.2) is 0 Å². The van der Waals surface area contributed by atoms with Crippen LogP contribution in [-0.2, 0) is 22.6 Å². The van der Waals surface area contributed by atoms with Gasteiger partial charge in [-0.15, -0.1) is 11.3 Å². The summed E-state index contributed by atoms with van der Waals surface area (Å²) < 4.78 is 0. The quantitative estimate of drug-likeness (QED) is 0.862. The van der Waals surface area contributed by atoms with Crippen LogP contribution in [0.1, 0.15) is 23.8 Å². The number of hydrogen-bond donors (Lipinski definition) is 2. The second kappa shape index (κ2) is 7.59. The number of benzene rings is 1. The molecular formula is C16H18N2O2S. The molecular weight excluding hydrogens is 284 g/mol. The maximum absolute atomic E-state index is 11.8. The first-order valence-corrected chi connectivity index (χ1v) is 7.67. The van der Waals surface area contributed by atoms with Crippen molar-refractivity contribution in [3.05, 3.63) is 52.2 Å². The molecule has 0 radical (unpaired) electrons. The van der Waals surface area contributed by atoms with Crippen molar-refractivity contribution in [1.29, 1.82) is 0 Å². The van der Waals surface area contributed by atoms with Crippen LogP contribution in [0, 0.1) is 0 Å². The predicted molar refractivity (Wildman–Crippen MR) is 85.2 cm³/mol. The van der Waals surface area contributed by atoms with E-state index in [1.165, 1.54) is 11.8 Å². The minimum atomic E-state index is -0.105. The highest BCUT2D eigenvalue weighted by Crippen LogP contribution is 2.12. The molecule has 1 heterocycles. The molecule has 5 heteroatoms. The Hall–Kier alpha value is -2.14. The lowest BCUT2D eigenvalue weighted by Crippen LogP contribution is -2.23. The minimum absolute atomic E-state index is 0.0355. The lowest BCUT2D eigenvalue weighted by Gasteiger charge is -2.07. The SMILES string of the molecule is CC(=O)Nc1cccc(CNC(=O)CCc2cccs2)c1. The van der Waals surface area contributed by atoms with E-state index in [0.29, 0.717) is 13.0 Å². The van der Waals surface area contributed by atoms with Gasteiger partial charge < -0.3 is 10.6 Å². The van der Waals surface area contributed by atoms with Gasteiger partial charge in [0, 0.05) is 30.5 Å². The molecule has 1 aromatic heterocycles. The van der Waals surface area contributed by atoms with E-state index in [4.69, 9.17) is 0 Å². The van der Waals surface area contributed by atoms with E-state index in [0.717, 1.165) is 17.7 Å². The van der Waals surface area contributed by atoms with Crippen molar-refractivity contribution < 1.29 is 9.59 Å². The zero-order chi connectivity index (χ0) is 15.1. The topological polar surface area (TPSA) is 58.2 Å². The van der Waals surface area contributed by atoms with E-state index >= 15 is 0 Å². The lowest BCUT2D eigenvalue weighted by atomic mass is 10.2. The molecule has 0 saturated heterocycles. The molecule has 21 heavy (non-hydrogen) atoms. The van der Waals surface area contributed by atoms with Gasteiger partial charge in [0.1, 0.15) is 0 Å². The molecule has 0 aliphatic heterocycles. The Morgan fingerprint density at radius 1 is 1.19 bits per heavy atom. The molecule has 0 bridgehead atoms. The molecule has 0 spiro atoms. The molecule has 0 aliphatic rings. The van der Waals surface area contributed by atoms with E-state index < -0.39 is 0 Å². The minimum Gasteiger partial charge on any atom is -0.352 e. The van der Waals surface area contributed by atoms with Crippen molar-refractivity contribution >= 4 is 28.8 Å². The summed E-state index contributed by atoms with van der Waals surface area (Å²) in [7, 11) is 0. The van der Waals surface area contributed by atoms with Crippen molar-refractivity contribution in [3.8, 4) is 0 Å². The number of aryl methyl sites for hydroxylation is 1. The lowest BCUT2D eigenvalue weighted by molar-refractivity contribution is -0.121. The molecule has 2 rings (SSSR count). The first-order chi connectivity index (χ1) is 10.1. The van der Waals surface area contributed by atoms with Gasteiger partial charge in [-0.2, -0.15) is 0 Å². The summed E-state index contributed by atoms with van der Waals surface area (Å²) in [6, 6.07) is 11.5. The maximum atomic E-state index is 11.8. The standard InChI is InChI=1S/C16H18N2O2S/c1-12(19)18-14-5-2-4-13(10-14)11-17-16(20)8-7-15-6-3-9-21-15/h2-6,9-10H,7-8,11H2,1H3,(H,17,20)(H,18,19). The third kappa shape index (κ3) is 5.39. The van der Waals surface area contributed by atoms with Gasteiger partial charge in [-0.3, -0.25) is 9.59 Å². The molecule has 0 atom stereocenters. The Balaban J connectivity index is 1.79. The van der Waals surface area contributed by atoms with Gasteiger partial charge in [0.25, 0.3) is 0 Å². The van der Waals surface area contributed by atoms with Gasteiger partial charge in [0.05, 0.1) is 0 Å². The van der Waals surface area contributed by atoms with Crippen LogP contribution in [0.3, 0.4) is 0 Å². The van der Waals surface area contributed by atoms with Crippen LogP contribution in [0.25, 0.3) is 0 Å². The Morgan fingerprint density at radius 2 is 2.05 bits per heavy atom. The van der Waals surface area contributed by atoms with Crippen molar-refractivity contribution in [3.63, 3.8) is 0 Å². The van der Waals surface area contributed by atoms with Crippen molar-refractivity contribution in [2.45, 2.75) is 26.3 Å². The van der Waals surface area contributed by atoms with Crippen molar-refractivity contribution in [1.82, 2.24) is 5.32 Å². The summed E-state index contributed by atoms with van der Waals surface area (Å²) in [4.78, 5) is 24.0. The smallest absolute Gasteiger partial charge is 0.221 e. The van der Waals surface area contributed by atoms with Crippen LogP contribution in [0.2, 0.25) is 0 Å². The Labute approximate surface area is 128 Å². The fraction of sp³-hybridized carbons (Fsp3) is 0.250. The largest absolute Gasteiger partial charge is 0.352 e. The number of anilines is 1. The van der Waals surface area contributed by atoms with Crippen LogP contribution >= 0.6 is 11.3 Å². The number of carbonyl (C=O) groups excluding carboxylic acids is 2. The van der Waals surface area contributed by atoms with Crippen molar-refractivity contribution in [2.24, 2.45) is 0 Å². The number of hydrogen-bond acceptors (Lipinski definition) is 3. The molecule has 2 N–H and O–H groups in total. The average molecular weight is 302 g/mol. The van der Waals surface area contributed by atoms with Gasteiger partial charge in [-0.05, 0) is 35.6 Å². The first kappa shape index (κ1) is 15.3. The summed E-state index contributed by atoms with van der Waals surface area (Å²) in [6.07, 6.45) is 1.27. The second-order valence-electron chi connectivity index (χ2n) is 4.74. The van der Waals surface area contributed by atoms with Gasteiger partial charge >= 0.3 is 0 Å². The summed E-state index contributed by atoms with van der Waals surface area (Å²) in [5.41, 5.74) is 1.71. The summed E-state index contributed by atoms with van der Waals surface area (Å²) in [6.45, 7) is 1.94. The number of carbonyl (C=O) groups is 2. The number of nitrogens with one attached hydrogen (secondary N) is 2. The molecule has 4 nitrogen and oxygen atoms in total. The van der Waals surface area contributed by atoms with Crippen LogP contribution in [0.4, 0.5) is 5.69 Å². The molecule has 110 valence electrons. The Morgan fingerprint density at radius 3 is 2.76 bits per heavy atom. The third-order valence-electron chi connectivity index (χ3n) is 2.92. The monoisotopic (exact) mass is 302 g/mol. The van der Waals surface area contributed by atoms with Crippen LogP contribution in [0.5, 0.6) is 0 Å². The van der Waals surface area contributed by atoms with Gasteiger partial charge in [-0.25, -0.2) is 0 Å². The second-order valence-corrected chi connectivity index (χ2v) is 5.77. The maximum Gasteiger partial charge on any atom is 0.221 e. The molecule has 2 amide bonds. The van der Waals surface area contributed by atoms with Crippen LogP contribution < -0.4 is 10.6 Å². The fourth-order valence-electron chi connectivity index (χ4n) is 1.94. The third-order valence-corrected chi connectivity index (χ3v) is 3.85. The van der Waals surface area contributed by atoms with Gasteiger partial charge in [-0.1, -0.05) is 18.2 Å². The highest BCUT2D eigenvalue weighted by atomic mass is 32.1. The van der Waals surface area contributed by atoms with E-state index in [9.17, 15) is 9.59 Å². The first-order valence-electron chi connectivity index (χ1n) is 6.79. The van der Waals surface area contributed by atoms with Gasteiger partial charge in [0.2, 0.25) is 11.8 Å². The normalized spacial score (nSPS) is 10.1. The van der Waals surface area contributed by atoms with E-state index in [-0.39, 0.29) is 11.8 Å². The van der Waals surface area contributed by atoms with Crippen molar-refractivity contribution in [2.75, 3.05) is 5.32 Å². The number of rotatable bonds is 6. The highest BCUT2D eigenvalue weighted by molar-refractivity contribution is 7.09. The van der Waals surface area contributed by atoms with E-state index in [1.807, 2.05) is 41.8 Å². The zero-order valence-electron chi connectivity index (χ0n) is 11.9. The van der Waals surface area contributed by atoms with Crippen LogP contribution in [-0.4, -0.2) is 11.8 Å². The average Bonchev–Trinajstić information content (AvgIpc) is 2.96. The zero-order valence-corrected chi connectivity index (χ0v) is 12.7. The number of amides is 2. The molecule has 2 aromatic rings. The molecule has 0 fully saturated rings. The van der Waals surface area contributed by atoms with Crippen LogP contribution in [0.15, 0.2) is 41.8 Å². The summed E-state index contributed by atoms with van der Waals surface area (Å²) in [5.74, 6) is -0.0690. The Bertz CT molecular complexity index is 608.